The van der Waals surface area contributed by atoms with Gasteiger partial charge in [-0.05, 0) is 58.4 Å². The molecule has 1 aromatic rings. The highest BCUT2D eigenvalue weighted by molar-refractivity contribution is 6.08. The summed E-state index contributed by atoms with van der Waals surface area (Å²) in [5.74, 6) is -3.71. The zero-order valence-electron chi connectivity index (χ0n) is 20.5. The van der Waals surface area contributed by atoms with Gasteiger partial charge < -0.3 is 28.8 Å². The molecule has 0 bridgehead atoms. The van der Waals surface area contributed by atoms with Gasteiger partial charge >= 0.3 is 17.9 Å². The maximum absolute atomic E-state index is 12.4. The van der Waals surface area contributed by atoms with Crippen LogP contribution in [0.15, 0.2) is 30.3 Å². The van der Waals surface area contributed by atoms with Gasteiger partial charge in [0.25, 0.3) is 5.60 Å². The fraction of sp³-hybridized carbons (Fsp3) is 0.640. The van der Waals surface area contributed by atoms with Gasteiger partial charge in [-0.3, -0.25) is 0 Å². The lowest BCUT2D eigenvalue weighted by Gasteiger charge is -2.30. The molecule has 0 heterocycles. The first-order valence-electron chi connectivity index (χ1n) is 11.9. The van der Waals surface area contributed by atoms with Crippen molar-refractivity contribution in [1.29, 1.82) is 0 Å². The van der Waals surface area contributed by atoms with Crippen LogP contribution in [0.2, 0.25) is 0 Å². The molecule has 0 aliphatic carbocycles. The Labute approximate surface area is 201 Å². The number of unbranched alkanes of at least 4 members (excludes halogenated alkanes) is 2. The van der Waals surface area contributed by atoms with Crippen LogP contribution in [-0.4, -0.2) is 74.4 Å². The van der Waals surface area contributed by atoms with Crippen molar-refractivity contribution in [3.63, 3.8) is 0 Å². The predicted molar refractivity (Wildman–Crippen MR) is 124 cm³/mol. The van der Waals surface area contributed by atoms with E-state index in [1.54, 1.807) is 6.92 Å². The summed E-state index contributed by atoms with van der Waals surface area (Å²) in [4.78, 5) is 37.2. The normalized spacial score (nSPS) is 12.1. The Morgan fingerprint density at radius 2 is 1.32 bits per heavy atom. The van der Waals surface area contributed by atoms with Crippen LogP contribution >= 0.6 is 0 Å². The van der Waals surface area contributed by atoms with Gasteiger partial charge in [0.05, 0.1) is 19.8 Å². The molecule has 1 N–H and O–H groups in total. The van der Waals surface area contributed by atoms with Crippen LogP contribution in [0, 0.1) is 0 Å². The SMILES string of the molecule is CCOC(=O)C(OCCCCOCCCCc1ccccc1)C(O)(C(=O)OCC)C(=O)OCC. The Kier molecular flexibility index (Phi) is 14.8. The number of aryl methyl sites for hydroxylation is 1. The molecule has 0 fully saturated rings. The maximum Gasteiger partial charge on any atom is 0.353 e. The van der Waals surface area contributed by atoms with E-state index >= 15 is 0 Å². The van der Waals surface area contributed by atoms with Crippen LogP contribution in [0.25, 0.3) is 0 Å². The molecule has 0 saturated heterocycles. The van der Waals surface area contributed by atoms with Gasteiger partial charge in [0.2, 0.25) is 6.10 Å². The second kappa shape index (κ2) is 17.0. The first kappa shape index (κ1) is 29.5. The molecule has 0 spiro atoms. The van der Waals surface area contributed by atoms with Crippen LogP contribution in [-0.2, 0) is 44.5 Å². The van der Waals surface area contributed by atoms with Crippen LogP contribution in [0.4, 0.5) is 0 Å². The molecular formula is C25H38O9. The number of carbonyl (C=O) groups is 3. The fourth-order valence-electron chi connectivity index (χ4n) is 3.14. The number of ether oxygens (including phenoxy) is 5. The monoisotopic (exact) mass is 482 g/mol. The van der Waals surface area contributed by atoms with E-state index in [1.807, 2.05) is 18.2 Å². The summed E-state index contributed by atoms with van der Waals surface area (Å²) in [5, 5.41) is 10.9. The summed E-state index contributed by atoms with van der Waals surface area (Å²) in [6.07, 6.45) is 2.19. The number of rotatable bonds is 18. The summed E-state index contributed by atoms with van der Waals surface area (Å²) >= 11 is 0. The highest BCUT2D eigenvalue weighted by atomic mass is 16.6. The van der Waals surface area contributed by atoms with Gasteiger partial charge in [-0.2, -0.15) is 0 Å². The van der Waals surface area contributed by atoms with Crippen molar-refractivity contribution in [2.75, 3.05) is 39.6 Å². The van der Waals surface area contributed by atoms with Crippen molar-refractivity contribution in [3.8, 4) is 0 Å². The summed E-state index contributed by atoms with van der Waals surface area (Å²) in [5.41, 5.74) is -1.66. The van der Waals surface area contributed by atoms with Crippen molar-refractivity contribution in [3.05, 3.63) is 35.9 Å². The quantitative estimate of drug-likeness (QED) is 0.146. The third-order valence-corrected chi connectivity index (χ3v) is 4.87. The van der Waals surface area contributed by atoms with Gasteiger partial charge in [0.1, 0.15) is 0 Å². The van der Waals surface area contributed by atoms with Gasteiger partial charge in [-0.15, -0.1) is 0 Å². The number of aliphatic hydroxyl groups is 1. The van der Waals surface area contributed by atoms with Gasteiger partial charge in [-0.1, -0.05) is 30.3 Å². The molecule has 1 atom stereocenters. The average Bonchev–Trinajstić information content (AvgIpc) is 2.83. The molecule has 0 saturated carbocycles. The predicted octanol–water partition coefficient (Wildman–Crippen LogP) is 2.61. The third-order valence-electron chi connectivity index (χ3n) is 4.87. The summed E-state index contributed by atoms with van der Waals surface area (Å²) in [6, 6.07) is 10.3. The zero-order valence-corrected chi connectivity index (χ0v) is 20.5. The summed E-state index contributed by atoms with van der Waals surface area (Å²) < 4.78 is 25.6. The Morgan fingerprint density at radius 3 is 1.88 bits per heavy atom. The molecule has 192 valence electrons. The molecule has 1 rings (SSSR count). The topological polar surface area (TPSA) is 118 Å². The van der Waals surface area contributed by atoms with E-state index in [2.05, 4.69) is 12.1 Å². The standard InChI is InChI=1S/C25H38O9/c1-4-31-22(26)21(25(29,23(27)32-5-2)24(28)33-6-3)34-19-13-12-18-30-17-11-10-16-20-14-8-7-9-15-20/h7-9,14-15,21,29H,4-6,10-13,16-19H2,1-3H3. The van der Waals surface area contributed by atoms with E-state index in [1.165, 1.54) is 19.4 Å². The van der Waals surface area contributed by atoms with Crippen molar-refractivity contribution < 1.29 is 43.2 Å². The molecule has 9 heteroatoms. The molecule has 0 aromatic heterocycles. The number of carbonyl (C=O) groups excluding carboxylic acids is 3. The summed E-state index contributed by atoms with van der Waals surface area (Å²) in [6.45, 7) is 5.44. The summed E-state index contributed by atoms with van der Waals surface area (Å²) in [7, 11) is 0. The Hall–Kier alpha value is -2.49. The largest absolute Gasteiger partial charge is 0.464 e. The number of hydrogen-bond acceptors (Lipinski definition) is 9. The smallest absolute Gasteiger partial charge is 0.353 e. The first-order valence-corrected chi connectivity index (χ1v) is 11.9. The van der Waals surface area contributed by atoms with E-state index < -0.39 is 29.6 Å². The van der Waals surface area contributed by atoms with Crippen molar-refractivity contribution in [2.45, 2.75) is 64.6 Å². The van der Waals surface area contributed by atoms with Crippen LogP contribution in [0.5, 0.6) is 0 Å². The Morgan fingerprint density at radius 1 is 0.794 bits per heavy atom. The highest BCUT2D eigenvalue weighted by Gasteiger charge is 2.58. The number of esters is 3. The minimum Gasteiger partial charge on any atom is -0.464 e. The van der Waals surface area contributed by atoms with E-state index in [0.29, 0.717) is 26.1 Å². The molecular weight excluding hydrogens is 444 g/mol. The Bertz CT molecular complexity index is 702. The third kappa shape index (κ3) is 9.79. The van der Waals surface area contributed by atoms with Gasteiger partial charge in [0.15, 0.2) is 0 Å². The molecule has 0 aliphatic rings. The van der Waals surface area contributed by atoms with E-state index in [9.17, 15) is 19.5 Å². The minimum absolute atomic E-state index is 0.0119. The number of benzene rings is 1. The number of hydrogen-bond donors (Lipinski definition) is 1. The Balaban J connectivity index is 2.49. The average molecular weight is 483 g/mol. The van der Waals surface area contributed by atoms with E-state index in [4.69, 9.17) is 23.7 Å². The second-order valence-electron chi connectivity index (χ2n) is 7.47. The van der Waals surface area contributed by atoms with Crippen LogP contribution in [0.1, 0.15) is 52.0 Å². The molecule has 1 aromatic carbocycles. The minimum atomic E-state index is -2.96. The van der Waals surface area contributed by atoms with Crippen LogP contribution in [0.3, 0.4) is 0 Å². The lowest BCUT2D eigenvalue weighted by molar-refractivity contribution is -0.208. The van der Waals surface area contributed by atoms with Crippen molar-refractivity contribution in [2.24, 2.45) is 0 Å². The maximum atomic E-state index is 12.4. The van der Waals surface area contributed by atoms with Crippen molar-refractivity contribution >= 4 is 17.9 Å². The zero-order chi connectivity index (χ0) is 25.2. The molecule has 0 radical (unpaired) electrons. The van der Waals surface area contributed by atoms with Crippen molar-refractivity contribution in [1.82, 2.24) is 0 Å². The molecule has 34 heavy (non-hydrogen) atoms. The van der Waals surface area contributed by atoms with E-state index in [0.717, 1.165) is 19.3 Å². The van der Waals surface area contributed by atoms with Crippen LogP contribution < -0.4 is 0 Å². The molecule has 0 amide bonds. The van der Waals surface area contributed by atoms with Gasteiger partial charge in [-0.25, -0.2) is 14.4 Å². The molecule has 9 nitrogen and oxygen atoms in total. The molecule has 1 unspecified atom stereocenters. The lowest BCUT2D eigenvalue weighted by Crippen LogP contribution is -2.61. The second-order valence-corrected chi connectivity index (χ2v) is 7.47. The highest BCUT2D eigenvalue weighted by Crippen LogP contribution is 2.21. The lowest BCUT2D eigenvalue weighted by atomic mass is 9.96. The first-order chi connectivity index (χ1) is 16.4. The fourth-order valence-corrected chi connectivity index (χ4v) is 3.14. The molecule has 0 aliphatic heterocycles. The van der Waals surface area contributed by atoms with Gasteiger partial charge in [0, 0.05) is 19.8 Å². The van der Waals surface area contributed by atoms with E-state index in [-0.39, 0.29) is 26.4 Å².